The molecule has 2 aromatic rings. The molecule has 0 spiro atoms. The zero-order valence-electron chi connectivity index (χ0n) is 11.9. The first kappa shape index (κ1) is 15.7. The molecular formula is C17H17NO4. The van der Waals surface area contributed by atoms with Gasteiger partial charge in [0.2, 0.25) is 0 Å². The Morgan fingerprint density at radius 3 is 2.09 bits per heavy atom. The van der Waals surface area contributed by atoms with Gasteiger partial charge in [0.25, 0.3) is 0 Å². The Morgan fingerprint density at radius 1 is 0.955 bits per heavy atom. The van der Waals surface area contributed by atoms with Crippen LogP contribution >= 0.6 is 0 Å². The summed E-state index contributed by atoms with van der Waals surface area (Å²) < 4.78 is 0. The molecule has 0 radical (unpaired) electrons. The largest absolute Gasteiger partial charge is 0.481 e. The van der Waals surface area contributed by atoms with Crippen molar-refractivity contribution in [3.05, 3.63) is 71.3 Å². The van der Waals surface area contributed by atoms with E-state index in [-0.39, 0.29) is 6.54 Å². The third-order valence-electron chi connectivity index (χ3n) is 3.75. The second-order valence-electron chi connectivity index (χ2n) is 5.01. The molecule has 114 valence electrons. The quantitative estimate of drug-likeness (QED) is 0.757. The van der Waals surface area contributed by atoms with Crippen LogP contribution < -0.4 is 5.73 Å². The lowest BCUT2D eigenvalue weighted by atomic mass is 9.70. The van der Waals surface area contributed by atoms with Crippen LogP contribution in [0.3, 0.4) is 0 Å². The Kier molecular flexibility index (Phi) is 4.58. The molecule has 0 fully saturated rings. The van der Waals surface area contributed by atoms with Crippen LogP contribution in [0.1, 0.15) is 23.1 Å². The van der Waals surface area contributed by atoms with Gasteiger partial charge in [-0.15, -0.1) is 0 Å². The molecule has 5 heteroatoms. The van der Waals surface area contributed by atoms with Crippen LogP contribution in [-0.2, 0) is 21.5 Å². The fourth-order valence-electron chi connectivity index (χ4n) is 2.73. The van der Waals surface area contributed by atoms with Crippen molar-refractivity contribution in [2.45, 2.75) is 18.4 Å². The van der Waals surface area contributed by atoms with E-state index in [4.69, 9.17) is 5.73 Å². The minimum absolute atomic E-state index is 0.137. The Bertz CT molecular complexity index is 684. The summed E-state index contributed by atoms with van der Waals surface area (Å²) in [7, 11) is 0. The number of hydrogen-bond donors (Lipinski definition) is 3. The van der Waals surface area contributed by atoms with E-state index in [0.29, 0.717) is 16.7 Å². The molecule has 0 saturated heterocycles. The molecule has 4 N–H and O–H groups in total. The molecule has 0 heterocycles. The molecule has 0 bridgehead atoms. The lowest BCUT2D eigenvalue weighted by molar-refractivity contribution is -0.148. The number of hydrogen-bond acceptors (Lipinski definition) is 3. The van der Waals surface area contributed by atoms with E-state index >= 15 is 0 Å². The monoisotopic (exact) mass is 299 g/mol. The third kappa shape index (κ3) is 2.71. The van der Waals surface area contributed by atoms with E-state index in [2.05, 4.69) is 0 Å². The van der Waals surface area contributed by atoms with Crippen LogP contribution in [0.2, 0.25) is 0 Å². The molecule has 22 heavy (non-hydrogen) atoms. The van der Waals surface area contributed by atoms with Gasteiger partial charge in [-0.2, -0.15) is 0 Å². The lowest BCUT2D eigenvalue weighted by Gasteiger charge is -2.31. The van der Waals surface area contributed by atoms with Gasteiger partial charge in [-0.3, -0.25) is 9.59 Å². The van der Waals surface area contributed by atoms with Gasteiger partial charge < -0.3 is 15.9 Å². The summed E-state index contributed by atoms with van der Waals surface area (Å²) in [6.07, 6.45) is -0.552. The highest BCUT2D eigenvalue weighted by molar-refractivity contribution is 5.91. The van der Waals surface area contributed by atoms with Gasteiger partial charge in [0, 0.05) is 6.54 Å². The predicted molar refractivity (Wildman–Crippen MR) is 81.4 cm³/mol. The number of nitrogens with two attached hydrogens (primary N) is 1. The highest BCUT2D eigenvalue weighted by Crippen LogP contribution is 2.38. The fourth-order valence-corrected chi connectivity index (χ4v) is 2.73. The van der Waals surface area contributed by atoms with Crippen molar-refractivity contribution in [3.63, 3.8) is 0 Å². The first-order valence-electron chi connectivity index (χ1n) is 6.81. The van der Waals surface area contributed by atoms with Crippen LogP contribution in [0.4, 0.5) is 0 Å². The van der Waals surface area contributed by atoms with Crippen LogP contribution in [0.25, 0.3) is 0 Å². The summed E-state index contributed by atoms with van der Waals surface area (Å²) in [5.74, 6) is -2.39. The number of carboxylic acids is 2. The van der Waals surface area contributed by atoms with Crippen LogP contribution in [0.15, 0.2) is 54.6 Å². The summed E-state index contributed by atoms with van der Waals surface area (Å²) in [6.45, 7) is 0.137. The molecule has 5 nitrogen and oxygen atoms in total. The van der Waals surface area contributed by atoms with E-state index < -0.39 is 23.8 Å². The van der Waals surface area contributed by atoms with Crippen LogP contribution in [0.5, 0.6) is 0 Å². The topological polar surface area (TPSA) is 101 Å². The van der Waals surface area contributed by atoms with Gasteiger partial charge in [0.1, 0.15) is 5.41 Å². The van der Waals surface area contributed by atoms with Crippen molar-refractivity contribution < 1.29 is 19.8 Å². The first-order valence-corrected chi connectivity index (χ1v) is 6.81. The summed E-state index contributed by atoms with van der Waals surface area (Å²) in [6, 6.07) is 15.2. The van der Waals surface area contributed by atoms with Gasteiger partial charge >= 0.3 is 11.9 Å². The zero-order valence-corrected chi connectivity index (χ0v) is 11.9. The summed E-state index contributed by atoms with van der Waals surface area (Å²) in [4.78, 5) is 23.5. The van der Waals surface area contributed by atoms with Crippen molar-refractivity contribution in [2.75, 3.05) is 0 Å². The van der Waals surface area contributed by atoms with E-state index in [1.54, 1.807) is 54.6 Å². The second-order valence-corrected chi connectivity index (χ2v) is 5.01. The molecule has 2 rings (SSSR count). The van der Waals surface area contributed by atoms with Gasteiger partial charge in [-0.1, -0.05) is 54.6 Å². The Morgan fingerprint density at radius 2 is 1.55 bits per heavy atom. The van der Waals surface area contributed by atoms with E-state index in [1.807, 2.05) is 0 Å². The fraction of sp³-hybridized carbons (Fsp3) is 0.176. The van der Waals surface area contributed by atoms with Crippen molar-refractivity contribution in [1.82, 2.24) is 0 Å². The normalized spacial score (nSPS) is 13.3. The highest BCUT2D eigenvalue weighted by atomic mass is 16.4. The number of carboxylic acid groups (broad SMARTS) is 2. The van der Waals surface area contributed by atoms with E-state index in [0.717, 1.165) is 0 Å². The Labute approximate surface area is 128 Å². The molecule has 0 aliphatic heterocycles. The molecule has 1 unspecified atom stereocenters. The Hall–Kier alpha value is -2.66. The molecule has 0 amide bonds. The van der Waals surface area contributed by atoms with Crippen molar-refractivity contribution in [2.24, 2.45) is 5.73 Å². The second kappa shape index (κ2) is 6.41. The number of aliphatic carboxylic acids is 2. The smallest absolute Gasteiger partial charge is 0.319 e. The van der Waals surface area contributed by atoms with Gasteiger partial charge in [-0.05, 0) is 16.7 Å². The van der Waals surface area contributed by atoms with Crippen LogP contribution in [-0.4, -0.2) is 22.2 Å². The average Bonchev–Trinajstić information content (AvgIpc) is 2.53. The molecule has 0 aliphatic rings. The van der Waals surface area contributed by atoms with Crippen molar-refractivity contribution >= 4 is 11.9 Å². The maximum atomic E-state index is 12.1. The highest BCUT2D eigenvalue weighted by Gasteiger charge is 2.45. The molecule has 0 aromatic heterocycles. The van der Waals surface area contributed by atoms with Gasteiger partial charge in [0.05, 0.1) is 6.42 Å². The lowest BCUT2D eigenvalue weighted by Crippen LogP contribution is -2.40. The van der Waals surface area contributed by atoms with E-state index in [1.165, 1.54) is 0 Å². The number of carbonyl (C=O) groups is 2. The molecule has 0 aliphatic carbocycles. The van der Waals surface area contributed by atoms with Crippen molar-refractivity contribution in [1.29, 1.82) is 0 Å². The first-order chi connectivity index (χ1) is 10.5. The SMILES string of the molecule is NCc1ccccc1C(CC(=O)O)(C(=O)O)c1ccccc1. The average molecular weight is 299 g/mol. The van der Waals surface area contributed by atoms with Crippen molar-refractivity contribution in [3.8, 4) is 0 Å². The Balaban J connectivity index is 2.79. The summed E-state index contributed by atoms with van der Waals surface area (Å²) >= 11 is 0. The molecule has 1 atom stereocenters. The van der Waals surface area contributed by atoms with Gasteiger partial charge in [-0.25, -0.2) is 0 Å². The maximum absolute atomic E-state index is 12.1. The van der Waals surface area contributed by atoms with Crippen LogP contribution in [0, 0.1) is 0 Å². The van der Waals surface area contributed by atoms with Gasteiger partial charge in [0.15, 0.2) is 0 Å². The molecule has 2 aromatic carbocycles. The summed E-state index contributed by atoms with van der Waals surface area (Å²) in [5.41, 5.74) is 5.51. The minimum atomic E-state index is -1.66. The van der Waals surface area contributed by atoms with E-state index in [9.17, 15) is 19.8 Å². The predicted octanol–water partition coefficient (Wildman–Crippen LogP) is 1.99. The third-order valence-corrected chi connectivity index (χ3v) is 3.75. The molecule has 0 saturated carbocycles. The zero-order chi connectivity index (χ0) is 16.2. The maximum Gasteiger partial charge on any atom is 0.319 e. The number of rotatable bonds is 6. The summed E-state index contributed by atoms with van der Waals surface area (Å²) in [5, 5.41) is 19.2. The molecular weight excluding hydrogens is 282 g/mol. The minimum Gasteiger partial charge on any atom is -0.481 e. The standard InChI is InChI=1S/C17H17NO4/c18-11-12-6-4-5-9-14(12)17(16(21)22,10-15(19)20)13-7-2-1-3-8-13/h1-9H,10-11,18H2,(H,19,20)(H,21,22). The number of benzene rings is 2.